The van der Waals surface area contributed by atoms with E-state index in [9.17, 15) is 14.4 Å². The van der Waals surface area contributed by atoms with Crippen LogP contribution in [0.3, 0.4) is 0 Å². The highest BCUT2D eigenvalue weighted by atomic mass is 35.5. The monoisotopic (exact) mass is 319 g/mol. The molecule has 0 saturated heterocycles. The summed E-state index contributed by atoms with van der Waals surface area (Å²) in [5, 5.41) is 2.53. The molecule has 6 nitrogen and oxygen atoms in total. The van der Waals surface area contributed by atoms with Gasteiger partial charge in [0.05, 0.1) is 11.4 Å². The summed E-state index contributed by atoms with van der Waals surface area (Å²) in [4.78, 5) is 34.0. The average Bonchev–Trinajstić information content (AvgIpc) is 2.87. The molecule has 20 heavy (non-hydrogen) atoms. The van der Waals surface area contributed by atoms with Crippen molar-refractivity contribution in [1.82, 2.24) is 5.32 Å². The lowest BCUT2D eigenvalue weighted by molar-refractivity contribution is -0.140. The maximum atomic E-state index is 11.5. The van der Waals surface area contributed by atoms with E-state index >= 15 is 0 Å². The second-order valence-corrected chi connectivity index (χ2v) is 5.42. The highest BCUT2D eigenvalue weighted by Gasteiger charge is 2.12. The first-order valence-corrected chi connectivity index (χ1v) is 6.98. The number of hydrogen-bond donors (Lipinski definition) is 1. The Bertz CT molecular complexity index is 488. The van der Waals surface area contributed by atoms with Gasteiger partial charge in [0.1, 0.15) is 4.88 Å². The van der Waals surface area contributed by atoms with E-state index in [2.05, 4.69) is 10.1 Å². The number of carbonyl (C=O) groups excluding carboxylic acids is 3. The lowest BCUT2D eigenvalue weighted by Gasteiger charge is -2.05. The molecule has 1 N–H and O–H groups in total. The Balaban J connectivity index is 2.17. The van der Waals surface area contributed by atoms with E-state index in [0.29, 0.717) is 22.2 Å². The number of hydrogen-bond acceptors (Lipinski definition) is 6. The fourth-order valence-electron chi connectivity index (χ4n) is 1.24. The van der Waals surface area contributed by atoms with Gasteiger partial charge in [-0.1, -0.05) is 11.6 Å². The number of esters is 2. The second-order valence-electron chi connectivity index (χ2n) is 3.71. The lowest BCUT2D eigenvalue weighted by atomic mass is 10.3. The van der Waals surface area contributed by atoms with Crippen molar-refractivity contribution in [3.05, 3.63) is 21.3 Å². The fraction of sp³-hybridized carbons (Fsp3) is 0.417. The van der Waals surface area contributed by atoms with Crippen molar-refractivity contribution in [2.24, 2.45) is 0 Å². The van der Waals surface area contributed by atoms with Crippen LogP contribution < -0.4 is 5.32 Å². The van der Waals surface area contributed by atoms with Gasteiger partial charge in [0, 0.05) is 13.0 Å². The summed E-state index contributed by atoms with van der Waals surface area (Å²) in [6.45, 7) is -0.0527. The fourth-order valence-corrected chi connectivity index (χ4v) is 2.18. The quantitative estimate of drug-likeness (QED) is 0.610. The minimum absolute atomic E-state index is 0.226. The van der Waals surface area contributed by atoms with Crippen LogP contribution >= 0.6 is 22.9 Å². The first kappa shape index (κ1) is 16.5. The van der Waals surface area contributed by atoms with Crippen molar-refractivity contribution in [2.75, 3.05) is 20.3 Å². The van der Waals surface area contributed by atoms with Crippen LogP contribution in [0.15, 0.2) is 12.1 Å². The first-order valence-electron chi connectivity index (χ1n) is 5.79. The third kappa shape index (κ3) is 6.03. The van der Waals surface area contributed by atoms with E-state index in [-0.39, 0.29) is 19.0 Å². The van der Waals surface area contributed by atoms with Crippen molar-refractivity contribution in [2.45, 2.75) is 12.8 Å². The van der Waals surface area contributed by atoms with E-state index in [0.717, 1.165) is 11.3 Å². The predicted molar refractivity (Wildman–Crippen MR) is 73.9 cm³/mol. The van der Waals surface area contributed by atoms with Gasteiger partial charge >= 0.3 is 11.9 Å². The number of amides is 1. The van der Waals surface area contributed by atoms with Crippen LogP contribution in [-0.2, 0) is 19.1 Å². The number of rotatable bonds is 7. The van der Waals surface area contributed by atoms with Gasteiger partial charge in [-0.3, -0.25) is 9.59 Å². The molecule has 0 spiro atoms. The number of nitrogens with one attached hydrogen (secondary N) is 1. The van der Waals surface area contributed by atoms with Crippen LogP contribution in [0.1, 0.15) is 22.5 Å². The van der Waals surface area contributed by atoms with Crippen LogP contribution in [0.2, 0.25) is 4.34 Å². The molecular formula is C12H14ClNO5S. The largest absolute Gasteiger partial charge is 0.469 e. The first-order chi connectivity index (χ1) is 9.52. The highest BCUT2D eigenvalue weighted by Crippen LogP contribution is 2.21. The SMILES string of the molecule is COC(=O)CCCNC(=O)COC(=O)c1ccc(Cl)s1. The topological polar surface area (TPSA) is 81.7 Å². The Morgan fingerprint density at radius 1 is 1.35 bits per heavy atom. The Labute approximate surface area is 125 Å². The van der Waals surface area contributed by atoms with E-state index in [1.807, 2.05) is 0 Å². The van der Waals surface area contributed by atoms with Gasteiger partial charge in [-0.15, -0.1) is 11.3 Å². The van der Waals surface area contributed by atoms with E-state index in [1.165, 1.54) is 13.2 Å². The van der Waals surface area contributed by atoms with Crippen LogP contribution in [0.5, 0.6) is 0 Å². The molecule has 1 aromatic rings. The Kier molecular flexibility index (Phi) is 7.03. The van der Waals surface area contributed by atoms with E-state index in [4.69, 9.17) is 16.3 Å². The molecule has 1 amide bonds. The molecule has 0 atom stereocenters. The summed E-state index contributed by atoms with van der Waals surface area (Å²) in [6.07, 6.45) is 0.692. The molecule has 110 valence electrons. The summed E-state index contributed by atoms with van der Waals surface area (Å²) < 4.78 is 9.74. The van der Waals surface area contributed by atoms with Crippen molar-refractivity contribution in [3.63, 3.8) is 0 Å². The zero-order valence-corrected chi connectivity index (χ0v) is 12.4. The molecule has 0 unspecified atom stereocenters. The summed E-state index contributed by atoms with van der Waals surface area (Å²) in [6, 6.07) is 3.11. The molecule has 1 aromatic heterocycles. The molecule has 0 bridgehead atoms. The third-order valence-corrected chi connectivity index (χ3v) is 3.43. The van der Waals surface area contributed by atoms with Crippen molar-refractivity contribution in [1.29, 1.82) is 0 Å². The molecule has 0 aromatic carbocycles. The molecular weight excluding hydrogens is 306 g/mol. The molecule has 0 aliphatic rings. The zero-order valence-electron chi connectivity index (χ0n) is 10.8. The molecule has 1 heterocycles. The lowest BCUT2D eigenvalue weighted by Crippen LogP contribution is -2.29. The van der Waals surface area contributed by atoms with Crippen LogP contribution in [-0.4, -0.2) is 38.1 Å². The Morgan fingerprint density at radius 3 is 2.70 bits per heavy atom. The van der Waals surface area contributed by atoms with Gasteiger partial charge in [-0.2, -0.15) is 0 Å². The number of thiophene rings is 1. The smallest absolute Gasteiger partial charge is 0.348 e. The van der Waals surface area contributed by atoms with E-state index < -0.39 is 11.9 Å². The minimum Gasteiger partial charge on any atom is -0.469 e. The summed E-state index contributed by atoms with van der Waals surface area (Å²) in [7, 11) is 1.30. The molecule has 0 saturated carbocycles. The number of methoxy groups -OCH3 is 1. The number of carbonyl (C=O) groups is 3. The van der Waals surface area contributed by atoms with Gasteiger partial charge in [0.25, 0.3) is 5.91 Å². The maximum Gasteiger partial charge on any atom is 0.348 e. The van der Waals surface area contributed by atoms with Gasteiger partial charge in [0.15, 0.2) is 6.61 Å². The minimum atomic E-state index is -0.591. The normalized spacial score (nSPS) is 9.90. The average molecular weight is 320 g/mol. The summed E-state index contributed by atoms with van der Waals surface area (Å²) >= 11 is 6.77. The molecule has 0 aliphatic carbocycles. The molecule has 0 fully saturated rings. The van der Waals surface area contributed by atoms with Gasteiger partial charge in [-0.25, -0.2) is 4.79 Å². The molecule has 0 radical (unpaired) electrons. The van der Waals surface area contributed by atoms with E-state index in [1.54, 1.807) is 6.07 Å². The van der Waals surface area contributed by atoms with Crippen molar-refractivity contribution >= 4 is 40.8 Å². The van der Waals surface area contributed by atoms with Crippen molar-refractivity contribution in [3.8, 4) is 0 Å². The van der Waals surface area contributed by atoms with Gasteiger partial charge < -0.3 is 14.8 Å². The van der Waals surface area contributed by atoms with Crippen molar-refractivity contribution < 1.29 is 23.9 Å². The van der Waals surface area contributed by atoms with Gasteiger partial charge in [0.2, 0.25) is 0 Å². The number of ether oxygens (including phenoxy) is 2. The third-order valence-electron chi connectivity index (χ3n) is 2.22. The predicted octanol–water partition coefficient (Wildman–Crippen LogP) is 1.63. The molecule has 1 rings (SSSR count). The van der Waals surface area contributed by atoms with Gasteiger partial charge in [-0.05, 0) is 18.6 Å². The Hall–Kier alpha value is -1.60. The second kappa shape index (κ2) is 8.55. The number of halogens is 1. The standard InChI is InChI=1S/C12H14ClNO5S/c1-18-11(16)3-2-6-14-10(15)7-19-12(17)8-4-5-9(13)20-8/h4-5H,2-3,6-7H2,1H3,(H,14,15). The summed E-state index contributed by atoms with van der Waals surface area (Å²) in [5.41, 5.74) is 0. The highest BCUT2D eigenvalue weighted by molar-refractivity contribution is 7.17. The van der Waals surface area contributed by atoms with Crippen LogP contribution in [0, 0.1) is 0 Å². The zero-order chi connectivity index (χ0) is 15.0. The molecule has 8 heteroatoms. The van der Waals surface area contributed by atoms with Crippen LogP contribution in [0.25, 0.3) is 0 Å². The maximum absolute atomic E-state index is 11.5. The van der Waals surface area contributed by atoms with Crippen LogP contribution in [0.4, 0.5) is 0 Å². The summed E-state index contributed by atoms with van der Waals surface area (Å²) in [5.74, 6) is -1.35. The molecule has 0 aliphatic heterocycles. The Morgan fingerprint density at radius 2 is 2.10 bits per heavy atom.